The molecule has 3 atom stereocenters. The van der Waals surface area contributed by atoms with Crippen LogP contribution in [0, 0.1) is 24.2 Å². The number of nitrogens with zero attached hydrogens (tertiary/aromatic N) is 3. The molecule has 4 aliphatic carbocycles. The van der Waals surface area contributed by atoms with Crippen molar-refractivity contribution in [3.05, 3.63) is 30.4 Å². The normalized spacial score (nSPS) is 35.3. The van der Waals surface area contributed by atoms with Crippen molar-refractivity contribution in [2.45, 2.75) is 64.0 Å². The molecule has 2 N–H and O–H groups in total. The number of anilines is 2. The molecule has 8 heteroatoms. The molecule has 1 aliphatic heterocycles. The first-order valence-corrected chi connectivity index (χ1v) is 11.2. The van der Waals surface area contributed by atoms with Crippen LogP contribution in [0.4, 0.5) is 11.4 Å². The molecule has 2 aromatic rings. The predicted octanol–water partition coefficient (Wildman–Crippen LogP) is 3.24. The third kappa shape index (κ3) is 2.87. The number of hydrogen-bond acceptors (Lipinski definition) is 5. The molecule has 4 saturated carbocycles. The molecule has 4 bridgehead atoms. The minimum Gasteiger partial charge on any atom is -0.479 e. The highest BCUT2D eigenvalue weighted by molar-refractivity contribution is 6.00. The fourth-order valence-corrected chi connectivity index (χ4v) is 6.87. The van der Waals surface area contributed by atoms with E-state index in [1.165, 1.54) is 6.42 Å². The van der Waals surface area contributed by atoms with E-state index in [4.69, 9.17) is 4.74 Å². The summed E-state index contributed by atoms with van der Waals surface area (Å²) < 4.78 is 7.68. The van der Waals surface area contributed by atoms with Gasteiger partial charge in [-0.05, 0) is 82.4 Å². The first-order valence-electron chi connectivity index (χ1n) is 11.2. The Balaban J connectivity index is 1.28. The molecule has 1 aromatic carbocycles. The Hall–Kier alpha value is -2.90. The van der Waals surface area contributed by atoms with E-state index in [0.717, 1.165) is 37.9 Å². The SMILES string of the molecule is Cc1ncn(C23CC4CC(CC(C(=O)Nc5ccc6c(c5)NC(=O)C(C)O6)(C4)C2)C3)n1. The Labute approximate surface area is 180 Å². The van der Waals surface area contributed by atoms with E-state index in [0.29, 0.717) is 29.0 Å². The van der Waals surface area contributed by atoms with Gasteiger partial charge >= 0.3 is 0 Å². The molecule has 1 aromatic heterocycles. The van der Waals surface area contributed by atoms with Crippen LogP contribution in [0.5, 0.6) is 5.75 Å². The predicted molar refractivity (Wildman–Crippen MR) is 114 cm³/mol. The number of carbonyl (C=O) groups is 2. The van der Waals surface area contributed by atoms with Crippen LogP contribution in [-0.4, -0.2) is 32.7 Å². The van der Waals surface area contributed by atoms with Crippen molar-refractivity contribution in [2.75, 3.05) is 10.6 Å². The van der Waals surface area contributed by atoms with Gasteiger partial charge in [-0.3, -0.25) is 9.59 Å². The molecular formula is C23H27N5O3. The maximum atomic E-state index is 13.7. The van der Waals surface area contributed by atoms with E-state index < -0.39 is 6.10 Å². The van der Waals surface area contributed by atoms with E-state index in [-0.39, 0.29) is 22.8 Å². The van der Waals surface area contributed by atoms with Gasteiger partial charge in [0, 0.05) is 5.69 Å². The Morgan fingerprint density at radius 2 is 2.03 bits per heavy atom. The summed E-state index contributed by atoms with van der Waals surface area (Å²) in [5.41, 5.74) is 0.800. The van der Waals surface area contributed by atoms with Crippen LogP contribution in [-0.2, 0) is 15.1 Å². The highest BCUT2D eigenvalue weighted by Gasteiger charge is 2.61. The summed E-state index contributed by atoms with van der Waals surface area (Å²) in [5.74, 6) is 2.41. The van der Waals surface area contributed by atoms with Crippen LogP contribution in [0.2, 0.25) is 0 Å². The largest absolute Gasteiger partial charge is 0.479 e. The van der Waals surface area contributed by atoms with Gasteiger partial charge in [0.1, 0.15) is 17.9 Å². The van der Waals surface area contributed by atoms with Gasteiger partial charge in [-0.2, -0.15) is 5.10 Å². The van der Waals surface area contributed by atoms with Gasteiger partial charge in [0.05, 0.1) is 16.6 Å². The minimum absolute atomic E-state index is 0.0826. The lowest BCUT2D eigenvalue weighted by Crippen LogP contribution is -2.60. The average Bonchev–Trinajstić information content (AvgIpc) is 3.15. The Kier molecular flexibility index (Phi) is 3.83. The van der Waals surface area contributed by atoms with Crippen LogP contribution in [0.15, 0.2) is 24.5 Å². The Bertz CT molecular complexity index is 1080. The third-order valence-electron chi connectivity index (χ3n) is 7.77. The van der Waals surface area contributed by atoms with Crippen LogP contribution in [0.3, 0.4) is 0 Å². The maximum absolute atomic E-state index is 13.7. The highest BCUT2D eigenvalue weighted by atomic mass is 16.5. The van der Waals surface area contributed by atoms with Crippen molar-refractivity contribution in [3.63, 3.8) is 0 Å². The molecular weight excluding hydrogens is 394 g/mol. The first-order chi connectivity index (χ1) is 14.8. The number of nitrogens with one attached hydrogen (secondary N) is 2. The summed E-state index contributed by atoms with van der Waals surface area (Å²) in [6.45, 7) is 3.63. The molecule has 2 heterocycles. The lowest BCUT2D eigenvalue weighted by atomic mass is 9.46. The van der Waals surface area contributed by atoms with Gasteiger partial charge in [-0.15, -0.1) is 0 Å². The molecule has 0 radical (unpaired) electrons. The summed E-state index contributed by atoms with van der Waals surface area (Å²) in [6, 6.07) is 5.44. The molecule has 0 spiro atoms. The molecule has 3 unspecified atom stereocenters. The van der Waals surface area contributed by atoms with E-state index >= 15 is 0 Å². The second-order valence-corrected chi connectivity index (χ2v) is 10.1. The summed E-state index contributed by atoms with van der Waals surface area (Å²) in [7, 11) is 0. The summed E-state index contributed by atoms with van der Waals surface area (Å²) in [5, 5.41) is 10.7. The lowest BCUT2D eigenvalue weighted by molar-refractivity contribution is -0.150. The highest BCUT2D eigenvalue weighted by Crippen LogP contribution is 2.64. The number of ether oxygens (including phenoxy) is 1. The van der Waals surface area contributed by atoms with Gasteiger partial charge in [0.2, 0.25) is 5.91 Å². The number of hydrogen-bond donors (Lipinski definition) is 2. The average molecular weight is 422 g/mol. The number of amides is 2. The van der Waals surface area contributed by atoms with Crippen molar-refractivity contribution < 1.29 is 14.3 Å². The van der Waals surface area contributed by atoms with Crippen molar-refractivity contribution in [1.29, 1.82) is 0 Å². The van der Waals surface area contributed by atoms with Gasteiger partial charge < -0.3 is 15.4 Å². The molecule has 5 aliphatic rings. The zero-order valence-corrected chi connectivity index (χ0v) is 17.9. The summed E-state index contributed by atoms with van der Waals surface area (Å²) in [4.78, 5) is 30.0. The van der Waals surface area contributed by atoms with Gasteiger partial charge in [-0.1, -0.05) is 0 Å². The van der Waals surface area contributed by atoms with Crippen molar-refractivity contribution in [3.8, 4) is 5.75 Å². The van der Waals surface area contributed by atoms with Crippen LogP contribution in [0.25, 0.3) is 0 Å². The summed E-state index contributed by atoms with van der Waals surface area (Å²) >= 11 is 0. The second-order valence-electron chi connectivity index (χ2n) is 10.1. The number of carbonyl (C=O) groups excluding carboxylic acids is 2. The van der Waals surface area contributed by atoms with E-state index in [2.05, 4.69) is 25.4 Å². The van der Waals surface area contributed by atoms with Crippen LogP contribution in [0.1, 0.15) is 51.3 Å². The lowest BCUT2D eigenvalue weighted by Gasteiger charge is -2.60. The number of aromatic nitrogens is 3. The Morgan fingerprint density at radius 3 is 2.74 bits per heavy atom. The first kappa shape index (κ1) is 18.8. The smallest absolute Gasteiger partial charge is 0.265 e. The van der Waals surface area contributed by atoms with E-state index in [1.54, 1.807) is 19.1 Å². The van der Waals surface area contributed by atoms with Crippen molar-refractivity contribution >= 4 is 23.2 Å². The molecule has 0 saturated heterocycles. The van der Waals surface area contributed by atoms with Crippen molar-refractivity contribution in [2.24, 2.45) is 17.3 Å². The van der Waals surface area contributed by atoms with Crippen LogP contribution >= 0.6 is 0 Å². The zero-order chi connectivity index (χ0) is 21.4. The standard InChI is InChI=1S/C23H27N5O3/c1-13-20(29)26-18-6-17(3-4-19(18)31-13)25-21(30)22-7-15-5-16(8-22)10-23(9-15,11-22)28-12-24-14(2)27-28/h3-4,6,12-13,15-16H,5,7-11H2,1-2H3,(H,25,30)(H,26,29). The molecule has 4 fully saturated rings. The van der Waals surface area contributed by atoms with E-state index in [9.17, 15) is 9.59 Å². The van der Waals surface area contributed by atoms with Gasteiger partial charge in [0.25, 0.3) is 5.91 Å². The Morgan fingerprint density at radius 1 is 1.26 bits per heavy atom. The van der Waals surface area contributed by atoms with Crippen LogP contribution < -0.4 is 15.4 Å². The van der Waals surface area contributed by atoms with Gasteiger partial charge in [-0.25, -0.2) is 9.67 Å². The quantitative estimate of drug-likeness (QED) is 0.793. The number of fused-ring (bicyclic) bond motifs is 1. The van der Waals surface area contributed by atoms with Crippen molar-refractivity contribution in [1.82, 2.24) is 14.8 Å². The minimum atomic E-state index is -0.517. The fraction of sp³-hybridized carbons (Fsp3) is 0.565. The zero-order valence-electron chi connectivity index (χ0n) is 17.9. The molecule has 2 amide bonds. The second kappa shape index (κ2) is 6.31. The molecule has 31 heavy (non-hydrogen) atoms. The summed E-state index contributed by atoms with van der Waals surface area (Å²) in [6.07, 6.45) is 7.40. The number of rotatable bonds is 3. The topological polar surface area (TPSA) is 98.1 Å². The number of aryl methyl sites for hydroxylation is 1. The fourth-order valence-electron chi connectivity index (χ4n) is 6.87. The molecule has 7 rings (SSSR count). The molecule has 8 nitrogen and oxygen atoms in total. The van der Waals surface area contributed by atoms with E-state index in [1.807, 2.05) is 19.3 Å². The maximum Gasteiger partial charge on any atom is 0.265 e. The number of benzene rings is 1. The van der Waals surface area contributed by atoms with Gasteiger partial charge in [0.15, 0.2) is 6.10 Å². The third-order valence-corrected chi connectivity index (χ3v) is 7.77. The monoisotopic (exact) mass is 421 g/mol. The molecule has 162 valence electrons.